The van der Waals surface area contributed by atoms with Crippen molar-refractivity contribution >= 4 is 38.9 Å². The fraction of sp³-hybridized carbons (Fsp3) is 0.450. The van der Waals surface area contributed by atoms with E-state index in [0.29, 0.717) is 12.1 Å². The molecule has 0 bridgehead atoms. The number of halogens is 1. The predicted molar refractivity (Wildman–Crippen MR) is 116 cm³/mol. The third kappa shape index (κ3) is 3.20. The number of aryl methyl sites for hydroxylation is 2. The maximum atomic E-state index is 13.0. The first-order valence-electron chi connectivity index (χ1n) is 9.69. The second-order valence-corrected chi connectivity index (χ2v) is 11.5. The highest BCUT2D eigenvalue weighted by molar-refractivity contribution is 7.93. The average Bonchev–Trinajstić information content (AvgIpc) is 2.99. The molecule has 8 nitrogen and oxygen atoms in total. The third-order valence-electron chi connectivity index (χ3n) is 6.11. The normalized spacial score (nSPS) is 24.2. The maximum absolute atomic E-state index is 13.0. The second-order valence-electron chi connectivity index (χ2n) is 8.53. The van der Waals surface area contributed by atoms with E-state index in [-0.39, 0.29) is 22.3 Å². The number of fused-ring (bicyclic) bond motifs is 2. The van der Waals surface area contributed by atoms with Crippen LogP contribution in [0.4, 0.5) is 5.69 Å². The van der Waals surface area contributed by atoms with Gasteiger partial charge in [0.05, 0.1) is 16.3 Å². The van der Waals surface area contributed by atoms with Gasteiger partial charge in [-0.1, -0.05) is 17.7 Å². The van der Waals surface area contributed by atoms with Gasteiger partial charge in [-0.15, -0.1) is 0 Å². The number of hydrogen-bond acceptors (Lipinski definition) is 5. The molecular weight excluding hydrogens is 426 g/mol. The number of benzene rings is 1. The SMILES string of the molecule is Cn1cc(Cl)c(C(=O)Nc2ccc3c(c2)[C@]2(CCC3)CS(=O)(=O)C(C)(C)C(=N)N2)n1. The van der Waals surface area contributed by atoms with Gasteiger partial charge in [-0.3, -0.25) is 14.9 Å². The van der Waals surface area contributed by atoms with Crippen LogP contribution in [-0.4, -0.2) is 40.4 Å². The number of carbonyl (C=O) groups excluding carboxylic acids is 1. The van der Waals surface area contributed by atoms with Crippen LogP contribution in [0, 0.1) is 5.41 Å². The fourth-order valence-corrected chi connectivity index (χ4v) is 6.21. The molecule has 1 spiro atoms. The van der Waals surface area contributed by atoms with Crippen molar-refractivity contribution < 1.29 is 13.2 Å². The molecule has 1 saturated heterocycles. The summed E-state index contributed by atoms with van der Waals surface area (Å²) in [6.45, 7) is 3.11. The van der Waals surface area contributed by atoms with Gasteiger partial charge in [0, 0.05) is 18.9 Å². The summed E-state index contributed by atoms with van der Waals surface area (Å²) in [5.41, 5.74) is 1.60. The molecule has 1 fully saturated rings. The van der Waals surface area contributed by atoms with Crippen LogP contribution in [0.1, 0.15) is 48.3 Å². The van der Waals surface area contributed by atoms with Gasteiger partial charge in [0.25, 0.3) is 5.91 Å². The first kappa shape index (κ1) is 20.9. The maximum Gasteiger partial charge on any atom is 0.277 e. The number of nitrogens with one attached hydrogen (secondary N) is 3. The number of rotatable bonds is 2. The van der Waals surface area contributed by atoms with E-state index < -0.39 is 26.0 Å². The standard InChI is InChI=1S/C20H24ClN5O3S/c1-19(2)18(22)24-20(11-30(19,28)29)8-4-5-12-6-7-13(9-14(12)20)23-17(27)16-15(21)10-26(3)25-16/h6-7,9-10H,4-5,8,11H2,1-3H3,(H2,22,24)(H,23,27)/t20-/m0/s1. The Balaban J connectivity index is 1.71. The number of nitrogens with zero attached hydrogens (tertiary/aromatic N) is 2. The molecule has 1 aromatic heterocycles. The Hall–Kier alpha value is -2.39. The minimum absolute atomic E-state index is 0.00342. The highest BCUT2D eigenvalue weighted by atomic mass is 35.5. The number of anilines is 1. The zero-order valence-electron chi connectivity index (χ0n) is 17.0. The summed E-state index contributed by atoms with van der Waals surface area (Å²) in [4.78, 5) is 12.6. The molecule has 30 heavy (non-hydrogen) atoms. The van der Waals surface area contributed by atoms with Gasteiger partial charge >= 0.3 is 0 Å². The van der Waals surface area contributed by atoms with Crippen molar-refractivity contribution in [1.82, 2.24) is 15.1 Å². The molecule has 2 aromatic rings. The van der Waals surface area contributed by atoms with E-state index >= 15 is 0 Å². The zero-order valence-corrected chi connectivity index (χ0v) is 18.6. The average molecular weight is 450 g/mol. The molecule has 0 radical (unpaired) electrons. The monoisotopic (exact) mass is 449 g/mol. The molecule has 3 N–H and O–H groups in total. The Morgan fingerprint density at radius 3 is 2.73 bits per heavy atom. The summed E-state index contributed by atoms with van der Waals surface area (Å²) in [5.74, 6) is -0.536. The van der Waals surface area contributed by atoms with Gasteiger partial charge in [0.1, 0.15) is 10.6 Å². The topological polar surface area (TPSA) is 117 Å². The largest absolute Gasteiger partial charge is 0.362 e. The lowest BCUT2D eigenvalue weighted by Crippen LogP contribution is -2.65. The first-order valence-corrected chi connectivity index (χ1v) is 11.7. The summed E-state index contributed by atoms with van der Waals surface area (Å²) in [7, 11) is -1.87. The highest BCUT2D eigenvalue weighted by Gasteiger charge is 2.53. The molecule has 1 aliphatic carbocycles. The lowest BCUT2D eigenvalue weighted by Gasteiger charge is -2.47. The van der Waals surface area contributed by atoms with E-state index in [2.05, 4.69) is 15.7 Å². The molecule has 1 aromatic carbocycles. The lowest BCUT2D eigenvalue weighted by atomic mass is 9.76. The minimum Gasteiger partial charge on any atom is -0.362 e. The summed E-state index contributed by atoms with van der Waals surface area (Å²) in [6, 6.07) is 5.50. The second kappa shape index (κ2) is 6.81. The molecule has 1 atom stereocenters. The van der Waals surface area contributed by atoms with E-state index in [1.165, 1.54) is 4.68 Å². The predicted octanol–water partition coefficient (Wildman–Crippen LogP) is 2.63. The molecule has 0 unspecified atom stereocenters. The molecular formula is C20H24ClN5O3S. The van der Waals surface area contributed by atoms with Crippen LogP contribution in [-0.2, 0) is 28.8 Å². The van der Waals surface area contributed by atoms with Crippen molar-refractivity contribution in [3.63, 3.8) is 0 Å². The molecule has 0 saturated carbocycles. The van der Waals surface area contributed by atoms with Crippen LogP contribution in [0.5, 0.6) is 0 Å². The van der Waals surface area contributed by atoms with Gasteiger partial charge in [0.2, 0.25) is 0 Å². The summed E-state index contributed by atoms with van der Waals surface area (Å²) in [6.07, 6.45) is 3.78. The number of amides is 1. The van der Waals surface area contributed by atoms with E-state index in [9.17, 15) is 13.2 Å². The van der Waals surface area contributed by atoms with Gasteiger partial charge in [-0.25, -0.2) is 8.42 Å². The fourth-order valence-electron chi connectivity index (χ4n) is 4.20. The third-order valence-corrected chi connectivity index (χ3v) is 9.02. The zero-order chi connectivity index (χ0) is 21.9. The molecule has 1 aliphatic heterocycles. The Kier molecular flexibility index (Phi) is 4.74. The smallest absolute Gasteiger partial charge is 0.277 e. The van der Waals surface area contributed by atoms with Crippen LogP contribution in [0.25, 0.3) is 0 Å². The molecule has 2 aliphatic rings. The van der Waals surface area contributed by atoms with Crippen LogP contribution < -0.4 is 10.6 Å². The molecule has 1 amide bonds. The van der Waals surface area contributed by atoms with Crippen molar-refractivity contribution in [1.29, 1.82) is 5.41 Å². The number of amidine groups is 1. The van der Waals surface area contributed by atoms with Gasteiger partial charge in [-0.2, -0.15) is 5.10 Å². The molecule has 160 valence electrons. The number of carbonyl (C=O) groups is 1. The number of aromatic nitrogens is 2. The molecule has 10 heteroatoms. The minimum atomic E-state index is -3.55. The van der Waals surface area contributed by atoms with Crippen molar-refractivity contribution in [3.05, 3.63) is 46.2 Å². The highest BCUT2D eigenvalue weighted by Crippen LogP contribution is 2.42. The van der Waals surface area contributed by atoms with Crippen molar-refractivity contribution in [2.45, 2.75) is 43.4 Å². The van der Waals surface area contributed by atoms with Crippen molar-refractivity contribution in [2.24, 2.45) is 7.05 Å². The Morgan fingerprint density at radius 2 is 2.10 bits per heavy atom. The lowest BCUT2D eigenvalue weighted by molar-refractivity contribution is 0.102. The van der Waals surface area contributed by atoms with E-state index in [0.717, 1.165) is 24.0 Å². The van der Waals surface area contributed by atoms with Crippen LogP contribution in [0.15, 0.2) is 24.4 Å². The Bertz CT molecular complexity index is 1170. The van der Waals surface area contributed by atoms with Crippen LogP contribution in [0.3, 0.4) is 0 Å². The summed E-state index contributed by atoms with van der Waals surface area (Å²) < 4.78 is 26.2. The van der Waals surface area contributed by atoms with Crippen molar-refractivity contribution in [3.8, 4) is 0 Å². The van der Waals surface area contributed by atoms with Gasteiger partial charge in [0.15, 0.2) is 15.5 Å². The Morgan fingerprint density at radius 1 is 1.37 bits per heavy atom. The number of hydrogen-bond donors (Lipinski definition) is 3. The summed E-state index contributed by atoms with van der Waals surface area (Å²) in [5, 5.41) is 18.7. The first-order chi connectivity index (χ1) is 13.9. The van der Waals surface area contributed by atoms with E-state index in [1.807, 2.05) is 6.07 Å². The van der Waals surface area contributed by atoms with E-state index in [4.69, 9.17) is 17.0 Å². The van der Waals surface area contributed by atoms with Gasteiger partial charge in [-0.05, 0) is 56.4 Å². The number of sulfone groups is 1. The molecule has 4 rings (SSSR count). The van der Waals surface area contributed by atoms with E-state index in [1.54, 1.807) is 39.2 Å². The van der Waals surface area contributed by atoms with Crippen LogP contribution >= 0.6 is 11.6 Å². The molecule has 2 heterocycles. The Labute approximate surface area is 180 Å². The quantitative estimate of drug-likeness (QED) is 0.651. The van der Waals surface area contributed by atoms with Crippen molar-refractivity contribution in [2.75, 3.05) is 11.1 Å². The van der Waals surface area contributed by atoms with Gasteiger partial charge < -0.3 is 10.6 Å². The van der Waals surface area contributed by atoms with Crippen LogP contribution in [0.2, 0.25) is 5.02 Å². The summed E-state index contributed by atoms with van der Waals surface area (Å²) >= 11 is 6.07.